The summed E-state index contributed by atoms with van der Waals surface area (Å²) < 4.78 is 5.68. The molecular weight excluding hydrogens is 412 g/mol. The number of rotatable bonds is 10. The maximum Gasteiger partial charge on any atom is 0.251 e. The normalized spacial score (nSPS) is 13.2. The Kier molecular flexibility index (Phi) is 7.07. The number of ether oxygens (including phenoxy) is 1. The van der Waals surface area contributed by atoms with Gasteiger partial charge in [-0.1, -0.05) is 32.4 Å². The number of nitrogens with one attached hydrogen (secondary N) is 1. The number of aryl methyl sites for hydroxylation is 1. The first kappa shape index (κ1) is 23.0. The first-order valence-electron chi connectivity index (χ1n) is 12.0. The number of ketones is 1. The molecule has 33 heavy (non-hydrogen) atoms. The lowest BCUT2D eigenvalue weighted by Crippen LogP contribution is -2.24. The lowest BCUT2D eigenvalue weighted by molar-refractivity contribution is 0.0950. The molecule has 1 aliphatic rings. The van der Waals surface area contributed by atoms with Crippen molar-refractivity contribution >= 4 is 22.6 Å². The van der Waals surface area contributed by atoms with E-state index in [1.54, 1.807) is 13.3 Å². The quantitative estimate of drug-likeness (QED) is 0.308. The van der Waals surface area contributed by atoms with Crippen molar-refractivity contribution in [1.82, 2.24) is 10.3 Å². The number of benzene rings is 2. The summed E-state index contributed by atoms with van der Waals surface area (Å²) in [5.41, 5.74) is 5.12. The molecule has 1 N–H and O–H groups in total. The second-order valence-electron chi connectivity index (χ2n) is 8.83. The molecule has 3 aromatic rings. The zero-order valence-corrected chi connectivity index (χ0v) is 19.7. The molecule has 1 saturated carbocycles. The Morgan fingerprint density at radius 3 is 2.52 bits per heavy atom. The average molecular weight is 445 g/mol. The molecule has 1 heterocycles. The van der Waals surface area contributed by atoms with E-state index in [9.17, 15) is 9.59 Å². The number of hydrogen-bond acceptors (Lipinski definition) is 4. The number of aromatic nitrogens is 1. The Bertz CT molecular complexity index is 1160. The van der Waals surface area contributed by atoms with Gasteiger partial charge >= 0.3 is 0 Å². The van der Waals surface area contributed by atoms with Crippen molar-refractivity contribution in [2.45, 2.75) is 52.4 Å². The highest BCUT2D eigenvalue weighted by Gasteiger charge is 2.26. The van der Waals surface area contributed by atoms with E-state index in [2.05, 4.69) is 30.2 Å². The van der Waals surface area contributed by atoms with Gasteiger partial charge in [0.15, 0.2) is 5.78 Å². The van der Waals surface area contributed by atoms with Crippen LogP contribution in [0.4, 0.5) is 0 Å². The summed E-state index contributed by atoms with van der Waals surface area (Å²) in [4.78, 5) is 29.8. The molecule has 1 aliphatic carbocycles. The van der Waals surface area contributed by atoms with Crippen molar-refractivity contribution in [2.24, 2.45) is 5.92 Å². The molecule has 0 unspecified atom stereocenters. The number of nitrogens with zero attached hydrogens (tertiary/aromatic N) is 1. The Labute approximate surface area is 195 Å². The van der Waals surface area contributed by atoms with Gasteiger partial charge in [0, 0.05) is 47.3 Å². The molecule has 4 rings (SSSR count). The van der Waals surface area contributed by atoms with Gasteiger partial charge in [0.1, 0.15) is 5.75 Å². The van der Waals surface area contributed by atoms with E-state index in [4.69, 9.17) is 4.74 Å². The van der Waals surface area contributed by atoms with Crippen molar-refractivity contribution in [3.8, 4) is 16.9 Å². The van der Waals surface area contributed by atoms with Gasteiger partial charge in [-0.15, -0.1) is 0 Å². The molecule has 2 aromatic carbocycles. The summed E-state index contributed by atoms with van der Waals surface area (Å²) in [5.74, 6) is 1.40. The number of Topliss-reactive ketones (excluding diaryl/α,β-unsaturated/α-hetero) is 1. The van der Waals surface area contributed by atoms with Gasteiger partial charge in [-0.3, -0.25) is 14.6 Å². The third-order valence-corrected chi connectivity index (χ3v) is 6.40. The molecule has 0 radical (unpaired) electrons. The Morgan fingerprint density at radius 2 is 1.88 bits per heavy atom. The fourth-order valence-electron chi connectivity index (χ4n) is 4.27. The number of carbonyl (C=O) groups is 2. The maximum atomic E-state index is 12.9. The average Bonchev–Trinajstić information content (AvgIpc) is 3.66. The van der Waals surface area contributed by atoms with E-state index in [0.717, 1.165) is 65.3 Å². The summed E-state index contributed by atoms with van der Waals surface area (Å²) in [5, 5.41) is 3.93. The Hall–Kier alpha value is -3.21. The largest absolute Gasteiger partial charge is 0.496 e. The summed E-state index contributed by atoms with van der Waals surface area (Å²) >= 11 is 0. The zero-order chi connectivity index (χ0) is 23.4. The van der Waals surface area contributed by atoms with Gasteiger partial charge in [-0.2, -0.15) is 0 Å². The highest BCUT2D eigenvalue weighted by molar-refractivity contribution is 6.03. The van der Waals surface area contributed by atoms with Gasteiger partial charge in [0.25, 0.3) is 5.91 Å². The van der Waals surface area contributed by atoms with Gasteiger partial charge in [0.2, 0.25) is 0 Å². The van der Waals surface area contributed by atoms with Crippen molar-refractivity contribution in [1.29, 1.82) is 0 Å². The zero-order valence-electron chi connectivity index (χ0n) is 19.7. The predicted molar refractivity (Wildman–Crippen MR) is 132 cm³/mol. The highest BCUT2D eigenvalue weighted by atomic mass is 16.5. The monoisotopic (exact) mass is 444 g/mol. The van der Waals surface area contributed by atoms with Crippen LogP contribution in [0, 0.1) is 5.92 Å². The minimum atomic E-state index is -0.0586. The van der Waals surface area contributed by atoms with Gasteiger partial charge < -0.3 is 10.1 Å². The van der Waals surface area contributed by atoms with Crippen LogP contribution in [-0.4, -0.2) is 30.3 Å². The topological polar surface area (TPSA) is 68.3 Å². The summed E-state index contributed by atoms with van der Waals surface area (Å²) in [6.45, 7) is 4.87. The van der Waals surface area contributed by atoms with E-state index in [0.29, 0.717) is 30.2 Å². The fourth-order valence-corrected chi connectivity index (χ4v) is 4.27. The van der Waals surface area contributed by atoms with E-state index in [1.165, 1.54) is 0 Å². The van der Waals surface area contributed by atoms with Gasteiger partial charge in [-0.05, 0) is 60.9 Å². The minimum Gasteiger partial charge on any atom is -0.496 e. The number of amides is 1. The molecule has 0 atom stereocenters. The molecule has 5 heteroatoms. The van der Waals surface area contributed by atoms with Crippen LogP contribution >= 0.6 is 0 Å². The first-order chi connectivity index (χ1) is 16.0. The third kappa shape index (κ3) is 5.08. The van der Waals surface area contributed by atoms with Gasteiger partial charge in [-0.25, -0.2) is 0 Å². The van der Waals surface area contributed by atoms with Crippen LogP contribution in [0.1, 0.15) is 72.2 Å². The van der Waals surface area contributed by atoms with Crippen LogP contribution in [0.5, 0.6) is 5.75 Å². The van der Waals surface area contributed by atoms with Crippen LogP contribution in [-0.2, 0) is 6.42 Å². The van der Waals surface area contributed by atoms with Crippen molar-refractivity contribution in [2.75, 3.05) is 13.7 Å². The number of fused-ring (bicyclic) bond motifs is 1. The second kappa shape index (κ2) is 10.2. The van der Waals surface area contributed by atoms with Crippen LogP contribution in [0.3, 0.4) is 0 Å². The summed E-state index contributed by atoms with van der Waals surface area (Å²) in [6.07, 6.45) is 7.43. The van der Waals surface area contributed by atoms with E-state index < -0.39 is 0 Å². The summed E-state index contributed by atoms with van der Waals surface area (Å²) in [7, 11) is 1.65. The first-order valence-corrected chi connectivity index (χ1v) is 12.0. The number of carbonyl (C=O) groups excluding carboxylic acids is 2. The smallest absolute Gasteiger partial charge is 0.251 e. The summed E-state index contributed by atoms with van der Waals surface area (Å²) in [6, 6.07) is 11.6. The molecule has 1 fully saturated rings. The van der Waals surface area contributed by atoms with Crippen LogP contribution in [0.2, 0.25) is 0 Å². The Balaban J connectivity index is 1.70. The predicted octanol–water partition coefficient (Wildman–Crippen LogP) is 5.99. The van der Waals surface area contributed by atoms with Gasteiger partial charge in [0.05, 0.1) is 12.6 Å². The van der Waals surface area contributed by atoms with Crippen molar-refractivity contribution in [3.05, 3.63) is 59.3 Å². The maximum absolute atomic E-state index is 12.9. The SMILES string of the molecule is CCCCNC(=O)c1ccc(-c2cc3c(CC)c(C(=O)CC4CC4)cnc3cc2OC)cc1. The highest BCUT2D eigenvalue weighted by Crippen LogP contribution is 2.37. The number of methoxy groups -OCH3 is 1. The minimum absolute atomic E-state index is 0.0586. The molecule has 172 valence electrons. The van der Waals surface area contributed by atoms with Crippen molar-refractivity contribution < 1.29 is 14.3 Å². The fraction of sp³-hybridized carbons (Fsp3) is 0.393. The van der Waals surface area contributed by atoms with Crippen LogP contribution in [0.15, 0.2) is 42.6 Å². The number of unbranched alkanes of at least 4 members (excludes halogenated alkanes) is 1. The standard InChI is InChI=1S/C28H32N2O3/c1-4-6-13-29-28(32)20-11-9-19(10-12-20)22-15-23-21(5-2)24(26(31)14-18-7-8-18)17-30-25(23)16-27(22)33-3/h9-12,15-18H,4-8,13-14H2,1-3H3,(H,29,32). The van der Waals surface area contributed by atoms with Crippen LogP contribution < -0.4 is 10.1 Å². The molecule has 0 aliphatic heterocycles. The molecule has 0 spiro atoms. The molecule has 1 aromatic heterocycles. The lowest BCUT2D eigenvalue weighted by atomic mass is 9.93. The van der Waals surface area contributed by atoms with E-state index in [1.807, 2.05) is 30.3 Å². The molecule has 5 nitrogen and oxygen atoms in total. The number of hydrogen-bond donors (Lipinski definition) is 1. The Morgan fingerprint density at radius 1 is 1.12 bits per heavy atom. The lowest BCUT2D eigenvalue weighted by Gasteiger charge is -2.15. The molecule has 1 amide bonds. The van der Waals surface area contributed by atoms with E-state index in [-0.39, 0.29) is 11.7 Å². The third-order valence-electron chi connectivity index (χ3n) is 6.40. The number of pyridine rings is 1. The molecular formula is C28H32N2O3. The molecule has 0 bridgehead atoms. The second-order valence-corrected chi connectivity index (χ2v) is 8.83. The molecule has 0 saturated heterocycles. The van der Waals surface area contributed by atoms with Crippen molar-refractivity contribution in [3.63, 3.8) is 0 Å². The van der Waals surface area contributed by atoms with E-state index >= 15 is 0 Å². The van der Waals surface area contributed by atoms with Crippen LogP contribution in [0.25, 0.3) is 22.0 Å².